The maximum atomic E-state index is 12.8. The number of amides is 1. The zero-order valence-electron chi connectivity index (χ0n) is 16.3. The number of benzene rings is 2. The first-order chi connectivity index (χ1) is 15.2. The van der Waals surface area contributed by atoms with E-state index in [-0.39, 0.29) is 5.91 Å². The third kappa shape index (κ3) is 4.30. The second-order valence-corrected chi connectivity index (χ2v) is 9.68. The molecule has 1 amide bonds. The molecule has 0 atom stereocenters. The second kappa shape index (κ2) is 8.70. The number of rotatable bonds is 6. The van der Waals surface area contributed by atoms with E-state index in [0.717, 1.165) is 16.9 Å². The van der Waals surface area contributed by atoms with Crippen LogP contribution in [0.3, 0.4) is 0 Å². The Morgan fingerprint density at radius 2 is 1.97 bits per heavy atom. The lowest BCUT2D eigenvalue weighted by molar-refractivity contribution is -0.122. The molecule has 1 fully saturated rings. The van der Waals surface area contributed by atoms with Crippen LogP contribution in [0.15, 0.2) is 58.8 Å². The molecule has 1 aliphatic heterocycles. The van der Waals surface area contributed by atoms with Gasteiger partial charge in [-0.05, 0) is 51.9 Å². The first-order valence-corrected chi connectivity index (χ1v) is 11.8. The van der Waals surface area contributed by atoms with Crippen LogP contribution in [0.5, 0.6) is 0 Å². The predicted molar refractivity (Wildman–Crippen MR) is 130 cm³/mol. The van der Waals surface area contributed by atoms with Gasteiger partial charge in [-0.1, -0.05) is 65.6 Å². The minimum absolute atomic E-state index is 0.0382. The number of aromatic amines is 1. The lowest BCUT2D eigenvalue weighted by Crippen LogP contribution is -2.29. The molecule has 5 rings (SSSR count). The zero-order valence-corrected chi connectivity index (χ0v) is 18.8. The van der Waals surface area contributed by atoms with Crippen LogP contribution in [0.1, 0.15) is 17.1 Å². The number of fused-ring (bicyclic) bond motifs is 1. The van der Waals surface area contributed by atoms with Crippen molar-refractivity contribution in [2.45, 2.75) is 12.8 Å². The number of thiocarbonyl (C=S) groups is 1. The van der Waals surface area contributed by atoms with Gasteiger partial charge in [0.25, 0.3) is 5.91 Å². The summed E-state index contributed by atoms with van der Waals surface area (Å²) >= 11 is 8.42. The average molecular weight is 464 g/mol. The molecule has 3 heterocycles. The van der Waals surface area contributed by atoms with Crippen LogP contribution < -0.4 is 0 Å². The number of aromatic nitrogens is 4. The molecular formula is C22H17N5OS3. The van der Waals surface area contributed by atoms with Gasteiger partial charge in [-0.2, -0.15) is 5.21 Å². The molecule has 0 aliphatic carbocycles. The van der Waals surface area contributed by atoms with Crippen LogP contribution in [0.25, 0.3) is 28.0 Å². The van der Waals surface area contributed by atoms with Gasteiger partial charge in [0, 0.05) is 17.8 Å². The molecule has 0 spiro atoms. The summed E-state index contributed by atoms with van der Waals surface area (Å²) in [5, 5.41) is 18.4. The van der Waals surface area contributed by atoms with Crippen LogP contribution in [0.4, 0.5) is 0 Å². The fourth-order valence-electron chi connectivity index (χ4n) is 3.45. The summed E-state index contributed by atoms with van der Waals surface area (Å²) in [5.74, 6) is 0.601. The molecule has 2 aromatic carbocycles. The highest BCUT2D eigenvalue weighted by Crippen LogP contribution is 2.35. The Hall–Kier alpha value is -2.88. The molecule has 0 unspecified atom stereocenters. The van der Waals surface area contributed by atoms with Crippen LogP contribution in [-0.4, -0.2) is 42.3 Å². The Bertz CT molecular complexity index is 1300. The predicted octanol–water partition coefficient (Wildman–Crippen LogP) is 4.92. The van der Waals surface area contributed by atoms with Crippen LogP contribution in [0.2, 0.25) is 0 Å². The highest BCUT2D eigenvalue weighted by Gasteiger charge is 2.31. The number of aryl methyl sites for hydroxylation is 1. The van der Waals surface area contributed by atoms with Crippen molar-refractivity contribution in [2.24, 2.45) is 0 Å². The van der Waals surface area contributed by atoms with E-state index in [9.17, 15) is 4.79 Å². The van der Waals surface area contributed by atoms with E-state index in [4.69, 9.17) is 12.2 Å². The fraction of sp³-hybridized carbons (Fsp3) is 0.136. The van der Waals surface area contributed by atoms with Gasteiger partial charge in [0.15, 0.2) is 5.82 Å². The Labute approximate surface area is 192 Å². The molecule has 9 heteroatoms. The Morgan fingerprint density at radius 1 is 1.10 bits per heavy atom. The topological polar surface area (TPSA) is 74.8 Å². The van der Waals surface area contributed by atoms with Gasteiger partial charge in [-0.3, -0.25) is 9.69 Å². The highest BCUT2D eigenvalue weighted by atomic mass is 32.2. The summed E-state index contributed by atoms with van der Waals surface area (Å²) in [4.78, 5) is 16.2. The molecule has 1 N–H and O–H groups in total. The maximum Gasteiger partial charge on any atom is 0.266 e. The standard InChI is InChI=1S/C22H17N5OS3/c28-21-19(31-22(29)27(21)9-3-6-20-23-25-26-24-20)12-18-11-17(13-30-18)16-8-7-14-4-1-2-5-15(14)10-16/h1-2,4-5,7-8,10-13H,3,6,9H2,(H,23,24,25,26)/b19-12-. The average Bonchev–Trinajstić information content (AvgIpc) is 3.52. The number of hydrogen-bond donors (Lipinski definition) is 1. The number of nitrogens with zero attached hydrogens (tertiary/aromatic N) is 4. The largest absolute Gasteiger partial charge is 0.293 e. The minimum atomic E-state index is -0.0382. The van der Waals surface area contributed by atoms with Crippen molar-refractivity contribution in [3.8, 4) is 11.1 Å². The number of carbonyl (C=O) groups is 1. The van der Waals surface area contributed by atoms with Gasteiger partial charge in [0.1, 0.15) is 4.32 Å². The smallest absolute Gasteiger partial charge is 0.266 e. The number of carbonyl (C=O) groups excluding carboxylic acids is 1. The lowest BCUT2D eigenvalue weighted by Gasteiger charge is -2.13. The SMILES string of the molecule is O=C1/C(=C/c2cc(-c3ccc4ccccc4c3)cs2)SC(=S)N1CCCc1nn[nH]n1. The van der Waals surface area contributed by atoms with Crippen LogP contribution in [-0.2, 0) is 11.2 Å². The van der Waals surface area contributed by atoms with Crippen molar-refractivity contribution in [1.82, 2.24) is 25.5 Å². The zero-order chi connectivity index (χ0) is 21.2. The van der Waals surface area contributed by atoms with Crippen molar-refractivity contribution in [3.63, 3.8) is 0 Å². The normalized spacial score (nSPS) is 15.5. The summed E-state index contributed by atoms with van der Waals surface area (Å²) < 4.78 is 0.593. The number of H-pyrrole nitrogens is 1. The van der Waals surface area contributed by atoms with Gasteiger partial charge in [-0.25, -0.2) is 0 Å². The molecule has 154 valence electrons. The second-order valence-electron chi connectivity index (χ2n) is 7.06. The molecule has 6 nitrogen and oxygen atoms in total. The summed E-state index contributed by atoms with van der Waals surface area (Å²) in [5.41, 5.74) is 2.32. The van der Waals surface area contributed by atoms with E-state index in [1.54, 1.807) is 16.2 Å². The van der Waals surface area contributed by atoms with Crippen molar-refractivity contribution in [1.29, 1.82) is 0 Å². The number of thiophene rings is 1. The van der Waals surface area contributed by atoms with E-state index in [1.165, 1.54) is 28.1 Å². The van der Waals surface area contributed by atoms with Crippen LogP contribution in [0, 0.1) is 0 Å². The van der Waals surface area contributed by atoms with Gasteiger partial charge in [-0.15, -0.1) is 21.5 Å². The summed E-state index contributed by atoms with van der Waals surface area (Å²) in [6.45, 7) is 0.545. The van der Waals surface area contributed by atoms with E-state index in [1.807, 2.05) is 12.1 Å². The quantitative estimate of drug-likeness (QED) is 0.323. The van der Waals surface area contributed by atoms with Gasteiger partial charge >= 0.3 is 0 Å². The Morgan fingerprint density at radius 3 is 2.81 bits per heavy atom. The first-order valence-electron chi connectivity index (χ1n) is 9.73. The highest BCUT2D eigenvalue weighted by molar-refractivity contribution is 8.26. The van der Waals surface area contributed by atoms with E-state index < -0.39 is 0 Å². The van der Waals surface area contributed by atoms with Gasteiger partial charge < -0.3 is 0 Å². The minimum Gasteiger partial charge on any atom is -0.293 e. The number of thioether (sulfide) groups is 1. The van der Waals surface area contributed by atoms with Crippen molar-refractivity contribution < 1.29 is 4.79 Å². The Balaban J connectivity index is 1.29. The molecule has 1 saturated heterocycles. The number of nitrogens with one attached hydrogen (secondary N) is 1. The monoisotopic (exact) mass is 463 g/mol. The molecule has 2 aromatic heterocycles. The maximum absolute atomic E-state index is 12.8. The molecule has 0 bridgehead atoms. The summed E-state index contributed by atoms with van der Waals surface area (Å²) in [6.07, 6.45) is 3.31. The van der Waals surface area contributed by atoms with Gasteiger partial charge in [0.05, 0.1) is 4.91 Å². The molecule has 31 heavy (non-hydrogen) atoms. The molecule has 0 radical (unpaired) electrons. The molecule has 4 aromatic rings. The van der Waals surface area contributed by atoms with Crippen LogP contribution >= 0.6 is 35.3 Å². The first kappa shape index (κ1) is 20.0. The molecule has 0 saturated carbocycles. The molecular weight excluding hydrogens is 446 g/mol. The third-order valence-corrected chi connectivity index (χ3v) is 7.28. The Kier molecular flexibility index (Phi) is 5.63. The van der Waals surface area contributed by atoms with Crippen molar-refractivity contribution in [3.05, 3.63) is 69.5 Å². The van der Waals surface area contributed by atoms with E-state index in [0.29, 0.717) is 28.0 Å². The number of hydrogen-bond acceptors (Lipinski definition) is 7. The summed E-state index contributed by atoms with van der Waals surface area (Å²) in [6, 6.07) is 16.9. The molecule has 1 aliphatic rings. The van der Waals surface area contributed by atoms with E-state index in [2.05, 4.69) is 68.5 Å². The lowest BCUT2D eigenvalue weighted by atomic mass is 10.0. The van der Waals surface area contributed by atoms with Crippen molar-refractivity contribution >= 4 is 62.4 Å². The third-order valence-electron chi connectivity index (χ3n) is 5.02. The van der Waals surface area contributed by atoms with Gasteiger partial charge in [0.2, 0.25) is 0 Å². The van der Waals surface area contributed by atoms with E-state index >= 15 is 0 Å². The summed E-state index contributed by atoms with van der Waals surface area (Å²) in [7, 11) is 0. The van der Waals surface area contributed by atoms with Crippen molar-refractivity contribution in [2.75, 3.05) is 6.54 Å². The fourth-order valence-corrected chi connectivity index (χ4v) is 5.68. The number of tetrazole rings is 1.